The van der Waals surface area contributed by atoms with Crippen LogP contribution in [0.3, 0.4) is 0 Å². The van der Waals surface area contributed by atoms with Crippen molar-refractivity contribution in [1.82, 2.24) is 25.1 Å². The second-order valence-corrected chi connectivity index (χ2v) is 5.81. The molecule has 0 aliphatic carbocycles. The van der Waals surface area contributed by atoms with E-state index in [4.69, 9.17) is 0 Å². The summed E-state index contributed by atoms with van der Waals surface area (Å²) < 4.78 is 2.21. The predicted octanol–water partition coefficient (Wildman–Crippen LogP) is 1.61. The van der Waals surface area contributed by atoms with Crippen LogP contribution in [-0.2, 0) is 11.3 Å². The summed E-state index contributed by atoms with van der Waals surface area (Å²) >= 11 is 0. The number of carbonyl (C=O) groups excluding carboxylic acids is 1. The molecule has 0 aliphatic heterocycles. The molecule has 0 fully saturated rings. The molecule has 1 heterocycles. The number of nitrogens with zero attached hydrogens (tertiary/aromatic N) is 4. The van der Waals surface area contributed by atoms with Crippen molar-refractivity contribution in [3.8, 4) is 5.69 Å². The molecule has 0 spiro atoms. The molecular formula is C18H19N5O2. The maximum atomic E-state index is 12.3. The maximum Gasteiger partial charge on any atom is 0.368 e. The number of tetrazole rings is 1. The highest BCUT2D eigenvalue weighted by Crippen LogP contribution is 2.16. The average molecular weight is 337 g/mol. The van der Waals surface area contributed by atoms with Crippen LogP contribution < -0.4 is 11.0 Å². The Morgan fingerprint density at radius 3 is 2.48 bits per heavy atom. The van der Waals surface area contributed by atoms with Crippen LogP contribution in [0.25, 0.3) is 5.69 Å². The molecule has 1 atom stereocenters. The van der Waals surface area contributed by atoms with Gasteiger partial charge in [-0.05, 0) is 47.5 Å². The Morgan fingerprint density at radius 2 is 1.76 bits per heavy atom. The van der Waals surface area contributed by atoms with Gasteiger partial charge in [-0.15, -0.1) is 0 Å². The minimum Gasteiger partial charge on any atom is -0.348 e. The number of hydrogen-bond donors (Lipinski definition) is 1. The monoisotopic (exact) mass is 337 g/mol. The third-order valence-electron chi connectivity index (χ3n) is 3.97. The quantitative estimate of drug-likeness (QED) is 0.767. The zero-order chi connectivity index (χ0) is 17.8. The zero-order valence-electron chi connectivity index (χ0n) is 14.1. The van der Waals surface area contributed by atoms with E-state index < -0.39 is 5.69 Å². The Balaban J connectivity index is 1.71. The van der Waals surface area contributed by atoms with Crippen molar-refractivity contribution >= 4 is 5.91 Å². The highest BCUT2D eigenvalue weighted by molar-refractivity contribution is 5.76. The summed E-state index contributed by atoms with van der Waals surface area (Å²) in [6.07, 6.45) is 0. The molecule has 1 amide bonds. The van der Waals surface area contributed by atoms with Crippen molar-refractivity contribution in [3.05, 3.63) is 76.2 Å². The van der Waals surface area contributed by atoms with Crippen molar-refractivity contribution < 1.29 is 4.79 Å². The highest BCUT2D eigenvalue weighted by atomic mass is 16.2. The molecule has 1 unspecified atom stereocenters. The lowest BCUT2D eigenvalue weighted by atomic mass is 10.0. The van der Waals surface area contributed by atoms with Gasteiger partial charge in [-0.3, -0.25) is 4.79 Å². The van der Waals surface area contributed by atoms with E-state index in [0.29, 0.717) is 5.69 Å². The van der Waals surface area contributed by atoms with E-state index in [1.54, 1.807) is 24.3 Å². The van der Waals surface area contributed by atoms with Crippen LogP contribution in [-0.4, -0.2) is 25.7 Å². The summed E-state index contributed by atoms with van der Waals surface area (Å²) in [5.74, 6) is -0.294. The first-order chi connectivity index (χ1) is 12.1. The number of aromatic nitrogens is 4. The number of para-hydroxylation sites is 1. The molecule has 2 aromatic carbocycles. The van der Waals surface area contributed by atoms with Crippen LogP contribution in [0.15, 0.2) is 59.4 Å². The smallest absolute Gasteiger partial charge is 0.348 e. The Labute approximate surface area is 144 Å². The van der Waals surface area contributed by atoms with E-state index in [1.807, 2.05) is 44.2 Å². The second-order valence-electron chi connectivity index (χ2n) is 5.81. The van der Waals surface area contributed by atoms with E-state index >= 15 is 0 Å². The van der Waals surface area contributed by atoms with Crippen LogP contribution in [0.4, 0.5) is 0 Å². The van der Waals surface area contributed by atoms with Crippen molar-refractivity contribution in [1.29, 1.82) is 0 Å². The molecule has 0 radical (unpaired) electrons. The second kappa shape index (κ2) is 7.12. The molecule has 7 heteroatoms. The summed E-state index contributed by atoms with van der Waals surface area (Å²) in [5, 5.41) is 10.5. The molecule has 1 N–H and O–H groups in total. The van der Waals surface area contributed by atoms with Crippen LogP contribution in [0.5, 0.6) is 0 Å². The fourth-order valence-electron chi connectivity index (χ4n) is 2.68. The minimum absolute atomic E-state index is 0.159. The van der Waals surface area contributed by atoms with Crippen molar-refractivity contribution in [2.24, 2.45) is 0 Å². The van der Waals surface area contributed by atoms with Gasteiger partial charge in [0.05, 0.1) is 11.7 Å². The van der Waals surface area contributed by atoms with Gasteiger partial charge in [0.25, 0.3) is 0 Å². The number of carbonyl (C=O) groups is 1. The largest absolute Gasteiger partial charge is 0.368 e. The van der Waals surface area contributed by atoms with Crippen LogP contribution >= 0.6 is 0 Å². The summed E-state index contributed by atoms with van der Waals surface area (Å²) in [6, 6.07) is 16.6. The maximum absolute atomic E-state index is 12.3. The van der Waals surface area contributed by atoms with Crippen LogP contribution in [0, 0.1) is 6.92 Å². The van der Waals surface area contributed by atoms with E-state index in [-0.39, 0.29) is 18.5 Å². The van der Waals surface area contributed by atoms with Gasteiger partial charge >= 0.3 is 5.69 Å². The first-order valence-corrected chi connectivity index (χ1v) is 7.99. The summed E-state index contributed by atoms with van der Waals surface area (Å²) in [7, 11) is 0. The highest BCUT2D eigenvalue weighted by Gasteiger charge is 2.15. The number of rotatable bonds is 5. The average Bonchev–Trinajstić information content (AvgIpc) is 2.96. The lowest BCUT2D eigenvalue weighted by molar-refractivity contribution is -0.122. The minimum atomic E-state index is -0.454. The molecule has 0 bridgehead atoms. The Kier molecular flexibility index (Phi) is 4.74. The number of aryl methyl sites for hydroxylation is 1. The van der Waals surface area contributed by atoms with Gasteiger partial charge in [0.2, 0.25) is 5.91 Å². The molecule has 0 saturated carbocycles. The number of nitrogens with one attached hydrogen (secondary N) is 1. The first-order valence-electron chi connectivity index (χ1n) is 7.99. The fraction of sp³-hybridized carbons (Fsp3) is 0.222. The summed E-state index contributed by atoms with van der Waals surface area (Å²) in [6.45, 7) is 3.72. The topological polar surface area (TPSA) is 81.8 Å². The van der Waals surface area contributed by atoms with Crippen LogP contribution in [0.1, 0.15) is 24.1 Å². The number of hydrogen-bond acceptors (Lipinski definition) is 4. The molecule has 25 heavy (non-hydrogen) atoms. The van der Waals surface area contributed by atoms with Gasteiger partial charge in [-0.2, -0.15) is 9.36 Å². The first kappa shape index (κ1) is 16.6. The summed E-state index contributed by atoms with van der Waals surface area (Å²) in [5.41, 5.74) is 2.29. The van der Waals surface area contributed by atoms with Gasteiger partial charge in [-0.1, -0.05) is 42.5 Å². The molecule has 0 aliphatic rings. The van der Waals surface area contributed by atoms with Crippen molar-refractivity contribution in [2.75, 3.05) is 0 Å². The predicted molar refractivity (Wildman–Crippen MR) is 93.4 cm³/mol. The zero-order valence-corrected chi connectivity index (χ0v) is 14.1. The van der Waals surface area contributed by atoms with E-state index in [1.165, 1.54) is 0 Å². The van der Waals surface area contributed by atoms with E-state index in [9.17, 15) is 9.59 Å². The molecule has 0 saturated heterocycles. The number of benzene rings is 2. The molecule has 3 aromatic rings. The SMILES string of the molecule is Cc1ccccc1C(C)NC(=O)Cn1nnn(-c2ccccc2)c1=O. The lowest BCUT2D eigenvalue weighted by Gasteiger charge is -2.16. The van der Waals surface area contributed by atoms with Gasteiger partial charge in [0.1, 0.15) is 6.54 Å². The van der Waals surface area contributed by atoms with Crippen LogP contribution in [0.2, 0.25) is 0 Å². The molecular weight excluding hydrogens is 318 g/mol. The third-order valence-corrected chi connectivity index (χ3v) is 3.97. The molecule has 1 aromatic heterocycles. The third kappa shape index (κ3) is 3.65. The Bertz CT molecular complexity index is 930. The van der Waals surface area contributed by atoms with Gasteiger partial charge in [0.15, 0.2) is 0 Å². The van der Waals surface area contributed by atoms with Gasteiger partial charge in [-0.25, -0.2) is 4.79 Å². The van der Waals surface area contributed by atoms with Crippen molar-refractivity contribution in [3.63, 3.8) is 0 Å². The lowest BCUT2D eigenvalue weighted by Crippen LogP contribution is -2.35. The van der Waals surface area contributed by atoms with Crippen molar-refractivity contribution in [2.45, 2.75) is 26.4 Å². The molecule has 7 nitrogen and oxygen atoms in total. The van der Waals surface area contributed by atoms with Gasteiger partial charge < -0.3 is 5.32 Å². The molecule has 3 rings (SSSR count). The summed E-state index contributed by atoms with van der Waals surface area (Å²) in [4.78, 5) is 24.6. The van der Waals surface area contributed by atoms with E-state index in [2.05, 4.69) is 15.7 Å². The van der Waals surface area contributed by atoms with E-state index in [0.717, 1.165) is 20.5 Å². The van der Waals surface area contributed by atoms with Gasteiger partial charge in [0, 0.05) is 0 Å². The molecule has 128 valence electrons. The Hall–Kier alpha value is -3.22. The normalized spacial score (nSPS) is 11.9. The number of amides is 1. The Morgan fingerprint density at radius 1 is 1.08 bits per heavy atom. The fourth-order valence-corrected chi connectivity index (χ4v) is 2.68. The standard InChI is InChI=1S/C18H19N5O2/c1-13-8-6-7-11-16(13)14(2)19-17(24)12-22-18(25)23(21-20-22)15-9-4-3-5-10-15/h3-11,14H,12H2,1-2H3,(H,19,24).